The number of nitrogens with zero attached hydrogens (tertiary/aromatic N) is 1. The van der Waals surface area contributed by atoms with Crippen LogP contribution >= 0.6 is 0 Å². The number of hydrogen-bond acceptors (Lipinski definition) is 4. The van der Waals surface area contributed by atoms with Crippen LogP contribution in [0.15, 0.2) is 205 Å². The average molecular weight is 720 g/mol. The van der Waals surface area contributed by atoms with Crippen molar-refractivity contribution in [1.82, 2.24) is 0 Å². The van der Waals surface area contributed by atoms with Crippen molar-refractivity contribution in [2.24, 2.45) is 0 Å². The molecule has 0 saturated heterocycles. The van der Waals surface area contributed by atoms with Crippen LogP contribution in [0.1, 0.15) is 0 Å². The van der Waals surface area contributed by atoms with Gasteiger partial charge in [0.2, 0.25) is 0 Å². The van der Waals surface area contributed by atoms with Crippen LogP contribution in [-0.2, 0) is 0 Å². The third kappa shape index (κ3) is 5.39. The summed E-state index contributed by atoms with van der Waals surface area (Å²) >= 11 is 0. The van der Waals surface area contributed by atoms with Gasteiger partial charge in [-0.05, 0) is 93.9 Å². The predicted molar refractivity (Wildman–Crippen MR) is 229 cm³/mol. The standard InChI is InChI=1S/C52H33NO3/c1-2-12-34(13-3-1)35-24-27-38(28-25-35)53(39-29-30-44-43-19-7-9-21-46(43)54-50(44)33-39)45-20-8-6-18-42(45)41-17-5-4-16-40(41)37-26-31-47-51(32-37)56-49-23-11-15-36-14-10-22-48(55-47)52(36)49/h1-33H. The molecule has 10 aromatic rings. The van der Waals surface area contributed by atoms with Gasteiger partial charge in [-0.15, -0.1) is 0 Å². The Morgan fingerprint density at radius 3 is 1.79 bits per heavy atom. The van der Waals surface area contributed by atoms with Crippen molar-refractivity contribution in [2.45, 2.75) is 0 Å². The lowest BCUT2D eigenvalue weighted by molar-refractivity contribution is 0.439. The van der Waals surface area contributed by atoms with E-state index in [0.717, 1.165) is 89.1 Å². The molecule has 0 saturated carbocycles. The lowest BCUT2D eigenvalue weighted by Gasteiger charge is -2.28. The first-order valence-corrected chi connectivity index (χ1v) is 18.8. The number of anilines is 3. The van der Waals surface area contributed by atoms with Crippen molar-refractivity contribution < 1.29 is 13.9 Å². The zero-order valence-corrected chi connectivity index (χ0v) is 30.2. The maximum atomic E-state index is 6.62. The number of para-hydroxylation sites is 2. The van der Waals surface area contributed by atoms with E-state index in [1.54, 1.807) is 0 Å². The highest BCUT2D eigenvalue weighted by molar-refractivity contribution is 6.06. The maximum Gasteiger partial charge on any atom is 0.170 e. The number of benzene rings is 9. The fourth-order valence-corrected chi connectivity index (χ4v) is 8.10. The van der Waals surface area contributed by atoms with Crippen LogP contribution in [-0.4, -0.2) is 0 Å². The summed E-state index contributed by atoms with van der Waals surface area (Å²) in [6.07, 6.45) is 0. The monoisotopic (exact) mass is 719 g/mol. The molecule has 264 valence electrons. The van der Waals surface area contributed by atoms with Crippen molar-refractivity contribution in [2.75, 3.05) is 4.90 Å². The van der Waals surface area contributed by atoms with Gasteiger partial charge in [-0.3, -0.25) is 0 Å². The van der Waals surface area contributed by atoms with E-state index in [9.17, 15) is 0 Å². The minimum atomic E-state index is 0.675. The summed E-state index contributed by atoms with van der Waals surface area (Å²) < 4.78 is 19.5. The lowest BCUT2D eigenvalue weighted by atomic mass is 9.92. The highest BCUT2D eigenvalue weighted by Crippen LogP contribution is 2.49. The highest BCUT2D eigenvalue weighted by atomic mass is 16.5. The number of rotatable bonds is 6. The third-order valence-electron chi connectivity index (χ3n) is 10.7. The zero-order chi connectivity index (χ0) is 37.0. The molecule has 0 bridgehead atoms. The Bertz CT molecular complexity index is 3090. The Morgan fingerprint density at radius 2 is 0.964 bits per heavy atom. The van der Waals surface area contributed by atoms with Gasteiger partial charge < -0.3 is 18.8 Å². The molecule has 0 amide bonds. The van der Waals surface area contributed by atoms with E-state index in [4.69, 9.17) is 13.9 Å². The van der Waals surface area contributed by atoms with Crippen molar-refractivity contribution in [3.63, 3.8) is 0 Å². The van der Waals surface area contributed by atoms with Gasteiger partial charge >= 0.3 is 0 Å². The summed E-state index contributed by atoms with van der Waals surface area (Å²) in [6.45, 7) is 0. The molecule has 1 aliphatic heterocycles. The molecule has 4 nitrogen and oxygen atoms in total. The summed E-state index contributed by atoms with van der Waals surface area (Å²) in [5, 5.41) is 4.25. The van der Waals surface area contributed by atoms with Crippen molar-refractivity contribution >= 4 is 49.8 Å². The molecular formula is C52H33NO3. The van der Waals surface area contributed by atoms with E-state index >= 15 is 0 Å². The van der Waals surface area contributed by atoms with Crippen LogP contribution in [0.4, 0.5) is 17.1 Å². The van der Waals surface area contributed by atoms with Crippen molar-refractivity contribution in [3.8, 4) is 56.4 Å². The van der Waals surface area contributed by atoms with Gasteiger partial charge in [0.15, 0.2) is 11.5 Å². The topological polar surface area (TPSA) is 34.8 Å². The van der Waals surface area contributed by atoms with Crippen LogP contribution in [0.3, 0.4) is 0 Å². The smallest absolute Gasteiger partial charge is 0.170 e. The highest BCUT2D eigenvalue weighted by Gasteiger charge is 2.23. The second kappa shape index (κ2) is 13.1. The maximum absolute atomic E-state index is 6.62. The van der Waals surface area contributed by atoms with E-state index < -0.39 is 0 Å². The third-order valence-corrected chi connectivity index (χ3v) is 10.7. The molecule has 1 aromatic heterocycles. The van der Waals surface area contributed by atoms with Gasteiger partial charge in [0.1, 0.15) is 22.7 Å². The quantitative estimate of drug-likeness (QED) is 0.171. The minimum Gasteiger partial charge on any atom is -0.456 e. The molecule has 4 heteroatoms. The molecule has 0 aliphatic carbocycles. The predicted octanol–water partition coefficient (Wildman–Crippen LogP) is 15.1. The molecule has 9 aromatic carbocycles. The lowest BCUT2D eigenvalue weighted by Crippen LogP contribution is -2.11. The van der Waals surface area contributed by atoms with Gasteiger partial charge in [-0.1, -0.05) is 133 Å². The van der Waals surface area contributed by atoms with E-state index in [1.807, 2.05) is 48.5 Å². The molecule has 11 rings (SSSR count). The molecule has 0 fully saturated rings. The molecule has 0 unspecified atom stereocenters. The largest absolute Gasteiger partial charge is 0.456 e. The van der Waals surface area contributed by atoms with E-state index in [1.165, 1.54) is 5.56 Å². The van der Waals surface area contributed by atoms with Gasteiger partial charge in [0.25, 0.3) is 0 Å². The molecule has 1 aliphatic rings. The summed E-state index contributed by atoms with van der Waals surface area (Å²) in [5.74, 6) is 2.93. The molecule has 0 N–H and O–H groups in total. The van der Waals surface area contributed by atoms with Gasteiger partial charge in [0.05, 0.1) is 11.1 Å². The fourth-order valence-electron chi connectivity index (χ4n) is 8.10. The van der Waals surface area contributed by atoms with E-state index in [2.05, 4.69) is 157 Å². The van der Waals surface area contributed by atoms with Gasteiger partial charge in [-0.2, -0.15) is 0 Å². The Morgan fingerprint density at radius 1 is 0.339 bits per heavy atom. The normalized spacial score (nSPS) is 11.9. The van der Waals surface area contributed by atoms with Crippen LogP contribution in [0, 0.1) is 0 Å². The van der Waals surface area contributed by atoms with Crippen LogP contribution in [0.5, 0.6) is 23.0 Å². The first-order chi connectivity index (χ1) is 27.7. The molecule has 56 heavy (non-hydrogen) atoms. The van der Waals surface area contributed by atoms with E-state index in [0.29, 0.717) is 11.5 Å². The van der Waals surface area contributed by atoms with Gasteiger partial charge in [-0.25, -0.2) is 0 Å². The number of hydrogen-bond donors (Lipinski definition) is 0. The number of fused-ring (bicyclic) bond motifs is 4. The van der Waals surface area contributed by atoms with Gasteiger partial charge in [0, 0.05) is 33.8 Å². The average Bonchev–Trinajstić information content (AvgIpc) is 3.54. The molecule has 0 radical (unpaired) electrons. The van der Waals surface area contributed by atoms with Crippen LogP contribution < -0.4 is 14.4 Å². The van der Waals surface area contributed by atoms with Crippen molar-refractivity contribution in [3.05, 3.63) is 200 Å². The first kappa shape index (κ1) is 31.9. The van der Waals surface area contributed by atoms with Crippen molar-refractivity contribution in [1.29, 1.82) is 0 Å². The Hall–Kier alpha value is -7.56. The Kier molecular flexibility index (Phi) is 7.46. The first-order valence-electron chi connectivity index (χ1n) is 18.8. The summed E-state index contributed by atoms with van der Waals surface area (Å²) in [4.78, 5) is 2.33. The second-order valence-corrected chi connectivity index (χ2v) is 14.1. The Balaban J connectivity index is 1.06. The molecule has 0 atom stereocenters. The summed E-state index contributed by atoms with van der Waals surface area (Å²) in [5.41, 5.74) is 11.4. The number of ether oxygens (including phenoxy) is 2. The SMILES string of the molecule is c1ccc(-c2ccc(N(c3ccc4c(c3)oc3ccccc34)c3ccccc3-c3ccccc3-c3ccc4c(c3)Oc3cccc5cccc(c35)O4)cc2)cc1. The summed E-state index contributed by atoms with van der Waals surface area (Å²) in [7, 11) is 0. The minimum absolute atomic E-state index is 0.675. The van der Waals surface area contributed by atoms with Crippen LogP contribution in [0.2, 0.25) is 0 Å². The fraction of sp³-hybridized carbons (Fsp3) is 0. The molecule has 0 spiro atoms. The zero-order valence-electron chi connectivity index (χ0n) is 30.2. The summed E-state index contributed by atoms with van der Waals surface area (Å²) in [6, 6.07) is 69.7. The number of furan rings is 1. The van der Waals surface area contributed by atoms with Crippen LogP contribution in [0.25, 0.3) is 66.1 Å². The Labute approximate surface area is 324 Å². The van der Waals surface area contributed by atoms with E-state index in [-0.39, 0.29) is 0 Å². The molecule has 2 heterocycles. The molecular weight excluding hydrogens is 687 g/mol. The second-order valence-electron chi connectivity index (χ2n) is 14.1.